The second-order valence-corrected chi connectivity index (χ2v) is 5.55. The summed E-state index contributed by atoms with van der Waals surface area (Å²) >= 11 is 5.98. The fourth-order valence-electron chi connectivity index (χ4n) is 2.63. The van der Waals surface area contributed by atoms with E-state index >= 15 is 0 Å². The normalized spacial score (nSPS) is 10.5. The van der Waals surface area contributed by atoms with Gasteiger partial charge in [-0.15, -0.1) is 11.6 Å². The van der Waals surface area contributed by atoms with E-state index in [1.54, 1.807) is 0 Å². The number of nitrogens with zero attached hydrogens (tertiary/aromatic N) is 1. The van der Waals surface area contributed by atoms with Gasteiger partial charge in [0.15, 0.2) is 0 Å². The van der Waals surface area contributed by atoms with Crippen LogP contribution in [-0.4, -0.2) is 23.9 Å². The van der Waals surface area contributed by atoms with Crippen molar-refractivity contribution >= 4 is 17.5 Å². The lowest BCUT2D eigenvalue weighted by atomic mass is 9.96. The van der Waals surface area contributed by atoms with Gasteiger partial charge in [-0.1, -0.05) is 30.3 Å². The first kappa shape index (κ1) is 16.6. The summed E-state index contributed by atoms with van der Waals surface area (Å²) in [5, 5.41) is 0. The highest BCUT2D eigenvalue weighted by Gasteiger charge is 2.12. The molecular formula is C19H22ClNO. The van der Waals surface area contributed by atoms with Crippen LogP contribution in [0.2, 0.25) is 0 Å². The molecule has 2 nitrogen and oxygen atoms in total. The zero-order chi connectivity index (χ0) is 16.1. The second-order valence-electron chi connectivity index (χ2n) is 5.28. The van der Waals surface area contributed by atoms with Crippen LogP contribution in [0.5, 0.6) is 0 Å². The molecular weight excluding hydrogens is 294 g/mol. The van der Waals surface area contributed by atoms with Crippen LogP contribution in [0.1, 0.15) is 35.3 Å². The van der Waals surface area contributed by atoms with E-state index in [-0.39, 0.29) is 5.91 Å². The lowest BCUT2D eigenvalue weighted by Crippen LogP contribution is -2.30. The van der Waals surface area contributed by atoms with Gasteiger partial charge in [-0.25, -0.2) is 0 Å². The van der Waals surface area contributed by atoms with Crippen molar-refractivity contribution in [1.29, 1.82) is 0 Å². The van der Waals surface area contributed by atoms with Crippen molar-refractivity contribution in [3.05, 3.63) is 59.2 Å². The van der Waals surface area contributed by atoms with E-state index < -0.39 is 0 Å². The predicted octanol–water partition coefficient (Wildman–Crippen LogP) is 4.88. The molecule has 116 valence electrons. The Morgan fingerprint density at radius 1 is 1.05 bits per heavy atom. The standard InChI is InChI=1S/C19H22ClNO/c1-4-21(5-2)19(22)16-11-9-15(10-12-16)18-8-6-7-17(13-20)14(18)3/h6-12H,4-5,13H2,1-3H3. The molecule has 0 aliphatic heterocycles. The molecule has 0 bridgehead atoms. The smallest absolute Gasteiger partial charge is 0.253 e. The van der Waals surface area contributed by atoms with Gasteiger partial charge >= 0.3 is 0 Å². The van der Waals surface area contributed by atoms with Crippen molar-refractivity contribution in [3.63, 3.8) is 0 Å². The van der Waals surface area contributed by atoms with E-state index in [9.17, 15) is 4.79 Å². The summed E-state index contributed by atoms with van der Waals surface area (Å²) in [7, 11) is 0. The van der Waals surface area contributed by atoms with Crippen LogP contribution >= 0.6 is 11.6 Å². The molecule has 0 aliphatic carbocycles. The number of benzene rings is 2. The molecule has 1 amide bonds. The molecule has 0 atom stereocenters. The maximum absolute atomic E-state index is 12.3. The Labute approximate surface area is 137 Å². The highest BCUT2D eigenvalue weighted by atomic mass is 35.5. The Kier molecular flexibility index (Phi) is 5.62. The van der Waals surface area contributed by atoms with Gasteiger partial charge in [0.1, 0.15) is 0 Å². The third-order valence-corrected chi connectivity index (χ3v) is 4.37. The number of alkyl halides is 1. The first-order chi connectivity index (χ1) is 10.6. The Hall–Kier alpha value is -1.80. The molecule has 22 heavy (non-hydrogen) atoms. The molecule has 0 spiro atoms. The summed E-state index contributed by atoms with van der Waals surface area (Å²) in [6.45, 7) is 7.54. The van der Waals surface area contributed by atoms with Gasteiger partial charge in [0.25, 0.3) is 5.91 Å². The zero-order valence-electron chi connectivity index (χ0n) is 13.4. The van der Waals surface area contributed by atoms with Crippen LogP contribution in [0.4, 0.5) is 0 Å². The fourth-order valence-corrected chi connectivity index (χ4v) is 2.92. The molecule has 2 aromatic carbocycles. The Morgan fingerprint density at radius 3 is 2.23 bits per heavy atom. The van der Waals surface area contributed by atoms with Crippen LogP contribution in [0.25, 0.3) is 11.1 Å². The van der Waals surface area contributed by atoms with Gasteiger partial charge in [0, 0.05) is 24.5 Å². The van der Waals surface area contributed by atoms with E-state index in [1.807, 2.05) is 55.1 Å². The SMILES string of the molecule is CCN(CC)C(=O)c1ccc(-c2cccc(CCl)c2C)cc1. The van der Waals surface area contributed by atoms with E-state index in [4.69, 9.17) is 11.6 Å². The van der Waals surface area contributed by atoms with E-state index in [0.29, 0.717) is 5.88 Å². The summed E-state index contributed by atoms with van der Waals surface area (Å²) in [6, 6.07) is 14.0. The van der Waals surface area contributed by atoms with Gasteiger partial charge in [0.05, 0.1) is 0 Å². The van der Waals surface area contributed by atoms with Crippen molar-refractivity contribution < 1.29 is 4.79 Å². The van der Waals surface area contributed by atoms with E-state index in [2.05, 4.69) is 13.0 Å². The van der Waals surface area contributed by atoms with E-state index in [1.165, 1.54) is 11.1 Å². The summed E-state index contributed by atoms with van der Waals surface area (Å²) in [4.78, 5) is 14.2. The lowest BCUT2D eigenvalue weighted by Gasteiger charge is -2.18. The fraction of sp³-hybridized carbons (Fsp3) is 0.316. The Bertz CT molecular complexity index is 645. The van der Waals surface area contributed by atoms with Crippen LogP contribution in [0, 0.1) is 6.92 Å². The van der Waals surface area contributed by atoms with Crippen LogP contribution in [0.15, 0.2) is 42.5 Å². The molecule has 0 heterocycles. The van der Waals surface area contributed by atoms with Crippen LogP contribution in [-0.2, 0) is 5.88 Å². The largest absolute Gasteiger partial charge is 0.339 e. The van der Waals surface area contributed by atoms with Gasteiger partial charge in [0.2, 0.25) is 0 Å². The molecule has 0 saturated carbocycles. The quantitative estimate of drug-likeness (QED) is 0.720. The molecule has 2 rings (SSSR count). The summed E-state index contributed by atoms with van der Waals surface area (Å²) < 4.78 is 0. The van der Waals surface area contributed by atoms with Crippen molar-refractivity contribution in [2.75, 3.05) is 13.1 Å². The van der Waals surface area contributed by atoms with Crippen molar-refractivity contribution in [2.45, 2.75) is 26.7 Å². The number of halogens is 1. The van der Waals surface area contributed by atoms with Crippen molar-refractivity contribution in [1.82, 2.24) is 4.90 Å². The van der Waals surface area contributed by atoms with E-state index in [0.717, 1.165) is 29.8 Å². The maximum atomic E-state index is 12.3. The van der Waals surface area contributed by atoms with Crippen molar-refractivity contribution in [3.8, 4) is 11.1 Å². The molecule has 0 fully saturated rings. The third-order valence-electron chi connectivity index (χ3n) is 4.08. The summed E-state index contributed by atoms with van der Waals surface area (Å²) in [5.41, 5.74) is 5.35. The first-order valence-electron chi connectivity index (χ1n) is 7.66. The number of rotatable bonds is 5. The molecule has 0 radical (unpaired) electrons. The van der Waals surface area contributed by atoms with Crippen LogP contribution in [0.3, 0.4) is 0 Å². The maximum Gasteiger partial charge on any atom is 0.253 e. The van der Waals surface area contributed by atoms with Gasteiger partial charge in [-0.05, 0) is 55.2 Å². The van der Waals surface area contributed by atoms with Gasteiger partial charge < -0.3 is 4.90 Å². The molecule has 0 N–H and O–H groups in total. The minimum absolute atomic E-state index is 0.0859. The van der Waals surface area contributed by atoms with Gasteiger partial charge in [-0.2, -0.15) is 0 Å². The highest BCUT2D eigenvalue weighted by molar-refractivity contribution is 6.17. The molecule has 0 saturated heterocycles. The third kappa shape index (κ3) is 3.33. The molecule has 2 aromatic rings. The average Bonchev–Trinajstić information content (AvgIpc) is 2.56. The topological polar surface area (TPSA) is 20.3 Å². The molecule has 0 aliphatic rings. The molecule has 0 aromatic heterocycles. The minimum atomic E-state index is 0.0859. The number of hydrogen-bond donors (Lipinski definition) is 0. The monoisotopic (exact) mass is 315 g/mol. The Balaban J connectivity index is 2.32. The first-order valence-corrected chi connectivity index (χ1v) is 8.20. The number of carbonyl (C=O) groups is 1. The van der Waals surface area contributed by atoms with Crippen molar-refractivity contribution in [2.24, 2.45) is 0 Å². The zero-order valence-corrected chi connectivity index (χ0v) is 14.2. The summed E-state index contributed by atoms with van der Waals surface area (Å²) in [6.07, 6.45) is 0. The second kappa shape index (κ2) is 7.46. The number of carbonyl (C=O) groups excluding carboxylic acids is 1. The number of hydrogen-bond acceptors (Lipinski definition) is 1. The minimum Gasteiger partial charge on any atom is -0.339 e. The predicted molar refractivity (Wildman–Crippen MR) is 93.4 cm³/mol. The van der Waals surface area contributed by atoms with Gasteiger partial charge in [-0.3, -0.25) is 4.79 Å². The highest BCUT2D eigenvalue weighted by Crippen LogP contribution is 2.27. The molecule has 0 unspecified atom stereocenters. The average molecular weight is 316 g/mol. The molecule has 3 heteroatoms. The Morgan fingerprint density at radius 2 is 1.68 bits per heavy atom. The number of amides is 1. The van der Waals surface area contributed by atoms with Crippen LogP contribution < -0.4 is 0 Å². The summed E-state index contributed by atoms with van der Waals surface area (Å²) in [5.74, 6) is 0.598. The lowest BCUT2D eigenvalue weighted by molar-refractivity contribution is 0.0773.